The van der Waals surface area contributed by atoms with Gasteiger partial charge in [0.2, 0.25) is 0 Å². The van der Waals surface area contributed by atoms with Gasteiger partial charge in [-0.2, -0.15) is 0 Å². The highest BCUT2D eigenvalue weighted by Crippen LogP contribution is 2.36. The number of carbonyl (C=O) groups excluding carboxylic acids is 1. The highest BCUT2D eigenvalue weighted by atomic mass is 16.7. The number of cyclic esters (lactones) is 1. The molecule has 1 amide bonds. The molecular formula is C14H19BN2O4. The third-order valence-corrected chi connectivity index (χ3v) is 4.33. The minimum absolute atomic E-state index is 0.367. The van der Waals surface area contributed by atoms with Gasteiger partial charge in [0.25, 0.3) is 0 Å². The Morgan fingerprint density at radius 1 is 1.24 bits per heavy atom. The van der Waals surface area contributed by atoms with Crippen molar-refractivity contribution in [2.24, 2.45) is 0 Å². The lowest BCUT2D eigenvalue weighted by molar-refractivity contribution is 0.00578. The maximum atomic E-state index is 11.6. The van der Waals surface area contributed by atoms with Crippen molar-refractivity contribution in [2.45, 2.75) is 38.9 Å². The lowest BCUT2D eigenvalue weighted by Crippen LogP contribution is -2.41. The van der Waals surface area contributed by atoms with E-state index in [1.807, 2.05) is 39.8 Å². The molecule has 112 valence electrons. The van der Waals surface area contributed by atoms with Crippen LogP contribution in [-0.2, 0) is 14.0 Å². The van der Waals surface area contributed by atoms with E-state index in [2.05, 4.69) is 4.98 Å². The molecule has 0 spiro atoms. The number of pyridine rings is 1. The minimum Gasteiger partial charge on any atom is -0.447 e. The van der Waals surface area contributed by atoms with Gasteiger partial charge in [-0.3, -0.25) is 4.90 Å². The second kappa shape index (κ2) is 4.71. The first-order valence-corrected chi connectivity index (χ1v) is 7.06. The van der Waals surface area contributed by atoms with Gasteiger partial charge >= 0.3 is 13.2 Å². The molecule has 2 fully saturated rings. The Hall–Kier alpha value is -1.60. The van der Waals surface area contributed by atoms with E-state index < -0.39 is 18.3 Å². The summed E-state index contributed by atoms with van der Waals surface area (Å²) in [6.07, 6.45) is 1.29. The van der Waals surface area contributed by atoms with E-state index in [0.717, 1.165) is 5.46 Å². The predicted octanol–water partition coefficient (Wildman–Crippen LogP) is 1.34. The molecule has 0 radical (unpaired) electrons. The highest BCUT2D eigenvalue weighted by Gasteiger charge is 2.51. The monoisotopic (exact) mass is 290 g/mol. The largest absolute Gasteiger partial charge is 0.495 e. The molecule has 0 aliphatic carbocycles. The van der Waals surface area contributed by atoms with Crippen LogP contribution < -0.4 is 10.4 Å². The fourth-order valence-electron chi connectivity index (χ4n) is 2.31. The summed E-state index contributed by atoms with van der Waals surface area (Å²) in [7, 11) is -0.463. The average molecular weight is 290 g/mol. The van der Waals surface area contributed by atoms with E-state index in [-0.39, 0.29) is 6.09 Å². The van der Waals surface area contributed by atoms with Gasteiger partial charge in [0.05, 0.1) is 17.7 Å². The summed E-state index contributed by atoms with van der Waals surface area (Å²) >= 11 is 0. The normalized spacial score (nSPS) is 23.5. The second-order valence-electron chi connectivity index (χ2n) is 6.30. The van der Waals surface area contributed by atoms with Gasteiger partial charge in [0.15, 0.2) is 0 Å². The number of aromatic nitrogens is 1. The summed E-state index contributed by atoms with van der Waals surface area (Å²) < 4.78 is 17.0. The third-order valence-electron chi connectivity index (χ3n) is 4.33. The first kappa shape index (κ1) is 14.3. The van der Waals surface area contributed by atoms with Gasteiger partial charge in [-0.1, -0.05) is 0 Å². The molecule has 6 nitrogen and oxygen atoms in total. The van der Waals surface area contributed by atoms with Crippen molar-refractivity contribution >= 4 is 24.5 Å². The SMILES string of the molecule is CC1(C)OB(c2ccnc(N3CCOC3=O)c2)OC1(C)C. The van der Waals surface area contributed by atoms with Gasteiger partial charge < -0.3 is 14.0 Å². The maximum absolute atomic E-state index is 11.6. The number of hydrogen-bond acceptors (Lipinski definition) is 5. The molecule has 3 rings (SSSR count). The van der Waals surface area contributed by atoms with Crippen LogP contribution in [-0.4, -0.2) is 42.5 Å². The fraction of sp³-hybridized carbons (Fsp3) is 0.571. The molecular weight excluding hydrogens is 271 g/mol. The molecule has 2 saturated heterocycles. The first-order chi connectivity index (χ1) is 9.80. The molecule has 21 heavy (non-hydrogen) atoms. The molecule has 0 bridgehead atoms. The zero-order valence-electron chi connectivity index (χ0n) is 12.8. The number of rotatable bonds is 2. The summed E-state index contributed by atoms with van der Waals surface area (Å²) in [5.74, 6) is 0.560. The fourth-order valence-corrected chi connectivity index (χ4v) is 2.31. The summed E-state index contributed by atoms with van der Waals surface area (Å²) in [6.45, 7) is 8.93. The van der Waals surface area contributed by atoms with E-state index in [4.69, 9.17) is 14.0 Å². The Balaban J connectivity index is 1.86. The number of hydrogen-bond donors (Lipinski definition) is 0. The molecule has 1 aromatic rings. The summed E-state index contributed by atoms with van der Waals surface area (Å²) in [6, 6.07) is 3.65. The van der Waals surface area contributed by atoms with Crippen LogP contribution >= 0.6 is 0 Å². The summed E-state index contributed by atoms with van der Waals surface area (Å²) in [4.78, 5) is 17.4. The van der Waals surface area contributed by atoms with E-state index in [9.17, 15) is 4.79 Å². The van der Waals surface area contributed by atoms with Crippen molar-refractivity contribution in [2.75, 3.05) is 18.1 Å². The smallest absolute Gasteiger partial charge is 0.447 e. The van der Waals surface area contributed by atoms with Crippen molar-refractivity contribution in [3.63, 3.8) is 0 Å². The van der Waals surface area contributed by atoms with E-state index in [1.165, 1.54) is 4.90 Å². The van der Waals surface area contributed by atoms with Gasteiger partial charge in [0.1, 0.15) is 12.4 Å². The zero-order chi connectivity index (χ0) is 15.3. The van der Waals surface area contributed by atoms with E-state index in [1.54, 1.807) is 6.20 Å². The third kappa shape index (κ3) is 2.40. The summed E-state index contributed by atoms with van der Waals surface area (Å²) in [5, 5.41) is 0. The lowest BCUT2D eigenvalue weighted by Gasteiger charge is -2.32. The van der Waals surface area contributed by atoms with Gasteiger partial charge in [-0.25, -0.2) is 9.78 Å². The predicted molar refractivity (Wildman–Crippen MR) is 78.6 cm³/mol. The van der Waals surface area contributed by atoms with Crippen molar-refractivity contribution in [3.05, 3.63) is 18.3 Å². The number of carbonyl (C=O) groups is 1. The van der Waals surface area contributed by atoms with Crippen molar-refractivity contribution in [3.8, 4) is 0 Å². The highest BCUT2D eigenvalue weighted by molar-refractivity contribution is 6.62. The Morgan fingerprint density at radius 2 is 1.90 bits per heavy atom. The minimum atomic E-state index is -0.463. The van der Waals surface area contributed by atoms with E-state index >= 15 is 0 Å². The molecule has 0 aromatic carbocycles. The second-order valence-corrected chi connectivity index (χ2v) is 6.30. The Morgan fingerprint density at radius 3 is 2.48 bits per heavy atom. The topological polar surface area (TPSA) is 60.9 Å². The quantitative estimate of drug-likeness (QED) is 0.769. The standard InChI is InChI=1S/C14H19BN2O4/c1-13(2)14(3,4)21-15(20-13)10-5-6-16-11(9-10)17-7-8-19-12(17)18/h5-6,9H,7-8H2,1-4H3. The van der Waals surface area contributed by atoms with Crippen LogP contribution in [0.3, 0.4) is 0 Å². The van der Waals surface area contributed by atoms with Gasteiger partial charge in [0, 0.05) is 6.20 Å². The number of nitrogens with zero attached hydrogens (tertiary/aromatic N) is 2. The van der Waals surface area contributed by atoms with Crippen LogP contribution in [0.25, 0.3) is 0 Å². The summed E-state index contributed by atoms with van der Waals surface area (Å²) in [5.41, 5.74) is 0.0554. The molecule has 0 saturated carbocycles. The molecule has 7 heteroatoms. The molecule has 2 aliphatic heterocycles. The van der Waals surface area contributed by atoms with Crippen LogP contribution in [0.1, 0.15) is 27.7 Å². The molecule has 3 heterocycles. The van der Waals surface area contributed by atoms with Gasteiger partial charge in [-0.15, -0.1) is 0 Å². The van der Waals surface area contributed by atoms with Crippen molar-refractivity contribution < 1.29 is 18.8 Å². The molecule has 0 unspecified atom stereocenters. The number of anilines is 1. The molecule has 2 aliphatic rings. The lowest BCUT2D eigenvalue weighted by atomic mass is 9.79. The number of amides is 1. The average Bonchev–Trinajstić information content (AvgIpc) is 2.92. The Bertz CT molecular complexity index is 560. The van der Waals surface area contributed by atoms with Gasteiger partial charge in [-0.05, 0) is 45.3 Å². The Kier molecular flexibility index (Phi) is 3.22. The van der Waals surface area contributed by atoms with Crippen LogP contribution in [0.2, 0.25) is 0 Å². The molecule has 0 atom stereocenters. The van der Waals surface area contributed by atoms with Crippen LogP contribution in [0.5, 0.6) is 0 Å². The van der Waals surface area contributed by atoms with E-state index in [0.29, 0.717) is 19.0 Å². The first-order valence-electron chi connectivity index (χ1n) is 7.06. The maximum Gasteiger partial charge on any atom is 0.495 e. The van der Waals surface area contributed by atoms with Crippen molar-refractivity contribution in [1.82, 2.24) is 4.98 Å². The zero-order valence-corrected chi connectivity index (χ0v) is 12.8. The van der Waals surface area contributed by atoms with Crippen molar-refractivity contribution in [1.29, 1.82) is 0 Å². The number of ether oxygens (including phenoxy) is 1. The van der Waals surface area contributed by atoms with Crippen LogP contribution in [0.15, 0.2) is 18.3 Å². The molecule has 0 N–H and O–H groups in total. The molecule has 1 aromatic heterocycles. The Labute approximate surface area is 124 Å². The van der Waals surface area contributed by atoms with Crippen LogP contribution in [0.4, 0.5) is 10.6 Å². The van der Waals surface area contributed by atoms with Crippen LogP contribution in [0, 0.1) is 0 Å².